The molecule has 27 heavy (non-hydrogen) atoms. The van der Waals surface area contributed by atoms with Gasteiger partial charge in [0.1, 0.15) is 0 Å². The van der Waals surface area contributed by atoms with Crippen molar-refractivity contribution in [1.29, 1.82) is 0 Å². The van der Waals surface area contributed by atoms with Crippen LogP contribution in [0.3, 0.4) is 0 Å². The molecule has 1 saturated heterocycles. The molecule has 1 aromatic heterocycles. The largest absolute Gasteiger partial charge is 0.336 e. The van der Waals surface area contributed by atoms with E-state index in [0.717, 1.165) is 10.6 Å². The number of carbonyl (C=O) groups is 1. The van der Waals surface area contributed by atoms with Gasteiger partial charge >= 0.3 is 0 Å². The van der Waals surface area contributed by atoms with Gasteiger partial charge in [0.05, 0.1) is 12.2 Å². The number of piperidine rings is 1. The first kappa shape index (κ1) is 19.9. The second-order valence-electron chi connectivity index (χ2n) is 6.47. The van der Waals surface area contributed by atoms with Crippen LogP contribution in [0.4, 0.5) is 5.69 Å². The van der Waals surface area contributed by atoms with Gasteiger partial charge in [0.15, 0.2) is 5.03 Å². The molecule has 1 atom stereocenters. The average molecular weight is 409 g/mol. The Kier molecular flexibility index (Phi) is 6.23. The van der Waals surface area contributed by atoms with E-state index in [1.807, 2.05) is 37.4 Å². The first-order valence-corrected chi connectivity index (χ1v) is 11.6. The molecule has 1 fully saturated rings. The van der Waals surface area contributed by atoms with Crippen LogP contribution in [0.15, 0.2) is 46.7 Å². The van der Waals surface area contributed by atoms with Gasteiger partial charge in [0.2, 0.25) is 5.91 Å². The van der Waals surface area contributed by atoms with Crippen LogP contribution in [0.2, 0.25) is 0 Å². The molecule has 9 heteroatoms. The summed E-state index contributed by atoms with van der Waals surface area (Å²) in [5.74, 6) is -0.521. The van der Waals surface area contributed by atoms with E-state index in [9.17, 15) is 13.2 Å². The summed E-state index contributed by atoms with van der Waals surface area (Å²) in [6.45, 7) is 3.16. The summed E-state index contributed by atoms with van der Waals surface area (Å²) >= 11 is 1.60. The third kappa shape index (κ3) is 4.53. The minimum absolute atomic E-state index is 0.0399. The normalized spacial score (nSPS) is 18.4. The third-order valence-corrected chi connectivity index (χ3v) is 7.15. The summed E-state index contributed by atoms with van der Waals surface area (Å²) in [5, 5.41) is 2.96. The number of sulfonamides is 1. The molecule has 0 radical (unpaired) electrons. The molecule has 3 rings (SSSR count). The van der Waals surface area contributed by atoms with Crippen LogP contribution in [0.25, 0.3) is 0 Å². The molecule has 0 bridgehead atoms. The Bertz CT molecular complexity index is 911. The van der Waals surface area contributed by atoms with Gasteiger partial charge in [-0.3, -0.25) is 4.79 Å². The van der Waals surface area contributed by atoms with Crippen molar-refractivity contribution < 1.29 is 13.2 Å². The number of nitrogens with one attached hydrogen (secondary N) is 1. The van der Waals surface area contributed by atoms with E-state index in [0.29, 0.717) is 25.9 Å². The molecular weight excluding hydrogens is 384 g/mol. The topological polar surface area (TPSA) is 84.3 Å². The Hall–Kier alpha value is -1.84. The zero-order chi connectivity index (χ0) is 19.4. The van der Waals surface area contributed by atoms with Crippen molar-refractivity contribution in [3.05, 3.63) is 36.8 Å². The number of benzene rings is 1. The van der Waals surface area contributed by atoms with Gasteiger partial charge in [-0.05, 0) is 44.2 Å². The Balaban J connectivity index is 1.70. The summed E-state index contributed by atoms with van der Waals surface area (Å²) in [7, 11) is -3.68. The molecule has 0 unspecified atom stereocenters. The van der Waals surface area contributed by atoms with Crippen molar-refractivity contribution in [2.75, 3.05) is 24.7 Å². The Morgan fingerprint density at radius 3 is 2.93 bits per heavy atom. The summed E-state index contributed by atoms with van der Waals surface area (Å²) in [6, 6.07) is 7.62. The van der Waals surface area contributed by atoms with Crippen LogP contribution in [0.1, 0.15) is 19.8 Å². The minimum Gasteiger partial charge on any atom is -0.336 e. The second kappa shape index (κ2) is 8.45. The van der Waals surface area contributed by atoms with Crippen molar-refractivity contribution in [2.24, 2.45) is 5.92 Å². The first-order valence-electron chi connectivity index (χ1n) is 8.91. The lowest BCUT2D eigenvalue weighted by atomic mass is 9.99. The SMILES string of the molecule is CCn1cnc(S(=O)(=O)N2CCC[C@@H](C(=O)Nc3cccc(SC)c3)C2)c1. The van der Waals surface area contributed by atoms with E-state index in [4.69, 9.17) is 0 Å². The number of nitrogens with zero attached hydrogens (tertiary/aromatic N) is 3. The number of aromatic nitrogens is 2. The number of hydrogen-bond acceptors (Lipinski definition) is 5. The molecule has 0 spiro atoms. The highest BCUT2D eigenvalue weighted by molar-refractivity contribution is 7.98. The standard InChI is InChI=1S/C18H24N4O3S2/c1-3-21-12-17(19-13-21)27(24,25)22-9-5-6-14(11-22)18(23)20-15-7-4-8-16(10-15)26-2/h4,7-8,10,12-14H,3,5-6,9,11H2,1-2H3,(H,20,23)/t14-/m1/s1. The Morgan fingerprint density at radius 1 is 1.41 bits per heavy atom. The number of thioether (sulfide) groups is 1. The average Bonchev–Trinajstić information content (AvgIpc) is 3.18. The number of amides is 1. The lowest BCUT2D eigenvalue weighted by Crippen LogP contribution is -2.43. The van der Waals surface area contributed by atoms with Crippen LogP contribution in [-0.4, -0.2) is 47.5 Å². The first-order chi connectivity index (χ1) is 12.9. The van der Waals surface area contributed by atoms with Gasteiger partial charge in [-0.1, -0.05) is 6.07 Å². The highest BCUT2D eigenvalue weighted by Crippen LogP contribution is 2.25. The van der Waals surface area contributed by atoms with Crippen molar-refractivity contribution in [1.82, 2.24) is 13.9 Å². The Labute approximate surface area is 164 Å². The molecule has 1 aliphatic rings. The molecule has 7 nitrogen and oxygen atoms in total. The van der Waals surface area contributed by atoms with Crippen molar-refractivity contribution in [2.45, 2.75) is 36.2 Å². The smallest absolute Gasteiger partial charge is 0.262 e. The van der Waals surface area contributed by atoms with E-state index < -0.39 is 10.0 Å². The lowest BCUT2D eigenvalue weighted by Gasteiger charge is -2.30. The molecule has 1 aromatic carbocycles. The maximum Gasteiger partial charge on any atom is 0.262 e. The summed E-state index contributed by atoms with van der Waals surface area (Å²) in [4.78, 5) is 17.8. The van der Waals surface area contributed by atoms with Crippen LogP contribution in [0, 0.1) is 5.92 Å². The van der Waals surface area contributed by atoms with E-state index >= 15 is 0 Å². The molecule has 146 valence electrons. The van der Waals surface area contributed by atoms with E-state index in [1.165, 1.54) is 16.8 Å². The molecular formula is C18H24N4O3S2. The van der Waals surface area contributed by atoms with Gasteiger partial charge in [-0.25, -0.2) is 13.4 Å². The maximum absolute atomic E-state index is 12.8. The molecule has 2 aromatic rings. The van der Waals surface area contributed by atoms with Crippen LogP contribution in [-0.2, 0) is 21.4 Å². The van der Waals surface area contributed by atoms with Gasteiger partial charge < -0.3 is 9.88 Å². The molecule has 2 heterocycles. The highest BCUT2D eigenvalue weighted by Gasteiger charge is 2.34. The maximum atomic E-state index is 12.8. The van der Waals surface area contributed by atoms with E-state index in [2.05, 4.69) is 10.3 Å². The van der Waals surface area contributed by atoms with Crippen molar-refractivity contribution in [3.63, 3.8) is 0 Å². The fraction of sp³-hybridized carbons (Fsp3) is 0.444. The fourth-order valence-corrected chi connectivity index (χ4v) is 5.02. The number of aryl methyl sites for hydroxylation is 1. The van der Waals surface area contributed by atoms with E-state index in [-0.39, 0.29) is 23.4 Å². The van der Waals surface area contributed by atoms with Gasteiger partial charge in [-0.2, -0.15) is 4.31 Å². The second-order valence-corrected chi connectivity index (χ2v) is 9.23. The van der Waals surface area contributed by atoms with Crippen molar-refractivity contribution in [3.8, 4) is 0 Å². The molecule has 1 amide bonds. The number of carbonyl (C=O) groups excluding carboxylic acids is 1. The van der Waals surface area contributed by atoms with Gasteiger partial charge in [0.25, 0.3) is 10.0 Å². The zero-order valence-electron chi connectivity index (χ0n) is 15.5. The van der Waals surface area contributed by atoms with Crippen LogP contribution >= 0.6 is 11.8 Å². The monoisotopic (exact) mass is 408 g/mol. The van der Waals surface area contributed by atoms with E-state index in [1.54, 1.807) is 16.3 Å². The van der Waals surface area contributed by atoms with Crippen molar-refractivity contribution >= 4 is 33.4 Å². The number of anilines is 1. The Morgan fingerprint density at radius 2 is 2.22 bits per heavy atom. The number of rotatable bonds is 6. The molecule has 0 aliphatic carbocycles. The summed E-state index contributed by atoms with van der Waals surface area (Å²) in [5.41, 5.74) is 0.730. The van der Waals surface area contributed by atoms with Gasteiger partial charge in [0, 0.05) is 36.4 Å². The molecule has 1 N–H and O–H groups in total. The zero-order valence-corrected chi connectivity index (χ0v) is 17.1. The van der Waals surface area contributed by atoms with Crippen LogP contribution in [0.5, 0.6) is 0 Å². The quantitative estimate of drug-likeness (QED) is 0.743. The minimum atomic E-state index is -3.68. The predicted molar refractivity (Wildman–Crippen MR) is 106 cm³/mol. The van der Waals surface area contributed by atoms with Gasteiger partial charge in [-0.15, -0.1) is 11.8 Å². The van der Waals surface area contributed by atoms with Crippen LogP contribution < -0.4 is 5.32 Å². The predicted octanol–water partition coefficient (Wildman–Crippen LogP) is 2.66. The number of imidazole rings is 1. The lowest BCUT2D eigenvalue weighted by molar-refractivity contribution is -0.120. The number of hydrogen-bond donors (Lipinski definition) is 1. The third-order valence-electron chi connectivity index (χ3n) is 4.67. The summed E-state index contributed by atoms with van der Waals surface area (Å²) < 4.78 is 28.8. The molecule has 1 aliphatic heterocycles. The fourth-order valence-electron chi connectivity index (χ4n) is 3.10. The molecule has 0 saturated carbocycles. The summed E-state index contributed by atoms with van der Waals surface area (Å²) in [6.07, 6.45) is 6.34. The highest BCUT2D eigenvalue weighted by atomic mass is 32.2.